The summed E-state index contributed by atoms with van der Waals surface area (Å²) in [6.07, 6.45) is 4.78. The number of fused-ring (bicyclic) bond motifs is 1. The van der Waals surface area contributed by atoms with Crippen LogP contribution in [0, 0.1) is 0 Å². The van der Waals surface area contributed by atoms with E-state index in [2.05, 4.69) is 15.4 Å². The Hall–Kier alpha value is -2.93. The minimum atomic E-state index is -0.215. The fourth-order valence-corrected chi connectivity index (χ4v) is 3.53. The molecule has 28 heavy (non-hydrogen) atoms. The molecular weight excluding hydrogens is 356 g/mol. The molecule has 4 rings (SSSR count). The third kappa shape index (κ3) is 3.84. The Bertz CT molecular complexity index is 977. The molecule has 3 aromatic rings. The number of benzene rings is 1. The fourth-order valence-electron chi connectivity index (χ4n) is 3.53. The van der Waals surface area contributed by atoms with Crippen molar-refractivity contribution in [1.82, 2.24) is 19.9 Å². The minimum absolute atomic E-state index is 0.0707. The molecule has 146 valence electrons. The lowest BCUT2D eigenvalue weighted by atomic mass is 9.95. The van der Waals surface area contributed by atoms with Crippen LogP contribution in [-0.2, 0) is 0 Å². The predicted molar refractivity (Wildman–Crippen MR) is 105 cm³/mol. The van der Waals surface area contributed by atoms with Gasteiger partial charge in [0.25, 0.3) is 5.91 Å². The van der Waals surface area contributed by atoms with Crippen molar-refractivity contribution in [3.63, 3.8) is 0 Å². The van der Waals surface area contributed by atoms with Crippen LogP contribution in [0.15, 0.2) is 42.6 Å². The monoisotopic (exact) mass is 380 g/mol. The number of aromatic nitrogens is 3. The van der Waals surface area contributed by atoms with Crippen LogP contribution in [0.25, 0.3) is 16.9 Å². The summed E-state index contributed by atoms with van der Waals surface area (Å²) in [7, 11) is 0. The van der Waals surface area contributed by atoms with Gasteiger partial charge in [-0.05, 0) is 50.8 Å². The van der Waals surface area contributed by atoms with E-state index in [0.717, 1.165) is 36.9 Å². The number of carbonyl (C=O) groups excluding carboxylic acids is 1. The predicted octanol–water partition coefficient (Wildman–Crippen LogP) is 2.83. The molecule has 1 amide bonds. The highest BCUT2D eigenvalue weighted by atomic mass is 16.5. The van der Waals surface area contributed by atoms with Crippen molar-refractivity contribution in [2.75, 3.05) is 6.54 Å². The summed E-state index contributed by atoms with van der Waals surface area (Å²) < 4.78 is 7.77. The van der Waals surface area contributed by atoms with Gasteiger partial charge >= 0.3 is 0 Å². The second-order valence-corrected chi connectivity index (χ2v) is 7.07. The summed E-state index contributed by atoms with van der Waals surface area (Å²) >= 11 is 0. The highest BCUT2D eigenvalue weighted by Gasteiger charge is 2.21. The zero-order valence-electron chi connectivity index (χ0n) is 15.8. The highest BCUT2D eigenvalue weighted by molar-refractivity contribution is 5.95. The summed E-state index contributed by atoms with van der Waals surface area (Å²) in [6, 6.07) is 11.1. The van der Waals surface area contributed by atoms with E-state index in [0.29, 0.717) is 23.6 Å². The number of nitrogens with zero attached hydrogens (tertiary/aromatic N) is 3. The number of hydrogen-bond donors (Lipinski definition) is 2. The van der Waals surface area contributed by atoms with Crippen molar-refractivity contribution >= 4 is 11.6 Å². The first-order chi connectivity index (χ1) is 13.6. The first-order valence-corrected chi connectivity index (χ1v) is 9.72. The van der Waals surface area contributed by atoms with Crippen molar-refractivity contribution in [2.24, 2.45) is 0 Å². The zero-order valence-corrected chi connectivity index (χ0v) is 15.8. The molecule has 2 N–H and O–H groups in total. The van der Waals surface area contributed by atoms with Gasteiger partial charge in [0.15, 0.2) is 5.65 Å². The normalized spacial score (nSPS) is 19.5. The molecule has 1 aliphatic carbocycles. The van der Waals surface area contributed by atoms with E-state index in [1.807, 2.05) is 37.3 Å². The van der Waals surface area contributed by atoms with Crippen LogP contribution in [0.4, 0.5) is 0 Å². The number of rotatable bonds is 5. The fraction of sp³-hybridized carbons (Fsp3) is 0.381. The van der Waals surface area contributed by atoms with Crippen LogP contribution in [0.2, 0.25) is 0 Å². The van der Waals surface area contributed by atoms with Crippen LogP contribution in [0.5, 0.6) is 5.88 Å². The second-order valence-electron chi connectivity index (χ2n) is 7.07. The molecule has 0 aliphatic heterocycles. The van der Waals surface area contributed by atoms with Gasteiger partial charge in [0.1, 0.15) is 6.10 Å². The van der Waals surface area contributed by atoms with E-state index < -0.39 is 0 Å². The number of amides is 1. The number of imidazole rings is 1. The van der Waals surface area contributed by atoms with Crippen LogP contribution < -0.4 is 10.1 Å². The largest absolute Gasteiger partial charge is 0.473 e. The highest BCUT2D eigenvalue weighted by Crippen LogP contribution is 2.25. The molecule has 0 spiro atoms. The smallest absolute Gasteiger partial charge is 0.251 e. The first-order valence-electron chi connectivity index (χ1n) is 9.72. The third-order valence-corrected chi connectivity index (χ3v) is 5.03. The van der Waals surface area contributed by atoms with Crippen LogP contribution in [0.3, 0.4) is 0 Å². The van der Waals surface area contributed by atoms with Gasteiger partial charge < -0.3 is 15.2 Å². The molecule has 0 saturated heterocycles. The van der Waals surface area contributed by atoms with Crippen LogP contribution >= 0.6 is 0 Å². The molecular formula is C21H24N4O3. The van der Waals surface area contributed by atoms with Gasteiger partial charge in [0.2, 0.25) is 5.88 Å². The van der Waals surface area contributed by atoms with Crippen LogP contribution in [0.1, 0.15) is 43.0 Å². The van der Waals surface area contributed by atoms with Crippen molar-refractivity contribution in [3.8, 4) is 17.1 Å². The molecule has 1 aromatic carbocycles. The molecule has 7 heteroatoms. The quantitative estimate of drug-likeness (QED) is 0.711. The van der Waals surface area contributed by atoms with Crippen molar-refractivity contribution in [2.45, 2.75) is 44.8 Å². The van der Waals surface area contributed by atoms with Gasteiger partial charge in [0, 0.05) is 23.7 Å². The average Bonchev–Trinajstić information content (AvgIpc) is 3.13. The molecule has 7 nitrogen and oxygen atoms in total. The lowest BCUT2D eigenvalue weighted by Gasteiger charge is -2.25. The van der Waals surface area contributed by atoms with Crippen LogP contribution in [-0.4, -0.2) is 44.4 Å². The number of aliphatic hydroxyl groups excluding tert-OH is 1. The number of hydrogen-bond acceptors (Lipinski definition) is 5. The summed E-state index contributed by atoms with van der Waals surface area (Å²) in [5.41, 5.74) is 2.97. The number of ether oxygens (including phenoxy) is 1. The minimum Gasteiger partial charge on any atom is -0.473 e. The summed E-state index contributed by atoms with van der Waals surface area (Å²) in [6.45, 7) is 2.48. The van der Waals surface area contributed by atoms with Gasteiger partial charge in [-0.25, -0.2) is 9.50 Å². The Morgan fingerprint density at radius 2 is 2.07 bits per heavy atom. The summed E-state index contributed by atoms with van der Waals surface area (Å²) in [5, 5.41) is 17.1. The molecule has 1 fully saturated rings. The number of nitrogens with one attached hydrogen (secondary N) is 1. The lowest BCUT2D eigenvalue weighted by molar-refractivity contribution is 0.0637. The molecule has 1 saturated carbocycles. The van der Waals surface area contributed by atoms with E-state index >= 15 is 0 Å². The molecule has 0 unspecified atom stereocenters. The lowest BCUT2D eigenvalue weighted by Crippen LogP contribution is -2.26. The molecule has 0 atom stereocenters. The molecule has 1 aliphatic rings. The molecule has 2 heterocycles. The average molecular weight is 380 g/mol. The van der Waals surface area contributed by atoms with Gasteiger partial charge in [-0.3, -0.25) is 4.79 Å². The Morgan fingerprint density at radius 1 is 1.25 bits per heavy atom. The Kier molecular flexibility index (Phi) is 5.25. The van der Waals surface area contributed by atoms with E-state index in [1.54, 1.807) is 16.8 Å². The summed E-state index contributed by atoms with van der Waals surface area (Å²) in [5.74, 6) is 0.433. The maximum Gasteiger partial charge on any atom is 0.251 e. The molecule has 0 radical (unpaired) electrons. The second kappa shape index (κ2) is 7.98. The van der Waals surface area contributed by atoms with E-state index in [4.69, 9.17) is 4.74 Å². The van der Waals surface area contributed by atoms with Gasteiger partial charge in [-0.15, -0.1) is 5.10 Å². The number of aliphatic hydroxyl groups is 1. The Labute approximate surface area is 163 Å². The van der Waals surface area contributed by atoms with E-state index in [-0.39, 0.29) is 18.1 Å². The maximum absolute atomic E-state index is 12.1. The molecule has 2 aromatic heterocycles. The van der Waals surface area contributed by atoms with Crippen molar-refractivity contribution in [1.29, 1.82) is 0 Å². The standard InChI is InChI=1S/C21H24N4O3/c1-2-22-21(27)15-5-3-4-14(12-15)18-13-23-19-10-11-20(24-25(18)19)28-17-8-6-16(26)7-9-17/h3-5,10-13,16-17,26H,2,6-9H2,1H3,(H,22,27)/t16-,17-. The summed E-state index contributed by atoms with van der Waals surface area (Å²) in [4.78, 5) is 16.6. The topological polar surface area (TPSA) is 88.8 Å². The van der Waals surface area contributed by atoms with Gasteiger partial charge in [-0.1, -0.05) is 12.1 Å². The Morgan fingerprint density at radius 3 is 2.86 bits per heavy atom. The first kappa shape index (κ1) is 18.4. The van der Waals surface area contributed by atoms with Crippen molar-refractivity contribution < 1.29 is 14.6 Å². The number of carbonyl (C=O) groups is 1. The van der Waals surface area contributed by atoms with Gasteiger partial charge in [-0.2, -0.15) is 0 Å². The third-order valence-electron chi connectivity index (χ3n) is 5.03. The zero-order chi connectivity index (χ0) is 19.5. The van der Waals surface area contributed by atoms with Gasteiger partial charge in [0.05, 0.1) is 18.0 Å². The SMILES string of the molecule is CCNC(=O)c1cccc(-c2cnc3ccc(O[C@H]4CC[C@H](O)CC4)nn23)c1. The Balaban J connectivity index is 1.61. The van der Waals surface area contributed by atoms with E-state index in [9.17, 15) is 9.90 Å². The maximum atomic E-state index is 12.1. The van der Waals surface area contributed by atoms with Crippen molar-refractivity contribution in [3.05, 3.63) is 48.2 Å². The van der Waals surface area contributed by atoms with E-state index in [1.165, 1.54) is 0 Å². The molecule has 0 bridgehead atoms.